The lowest BCUT2D eigenvalue weighted by atomic mass is 10.1. The van der Waals surface area contributed by atoms with Crippen molar-refractivity contribution < 1.29 is 9.59 Å². The maximum Gasteiger partial charge on any atom is 0.309 e. The van der Waals surface area contributed by atoms with Crippen LogP contribution in [0.4, 0.5) is 0 Å². The summed E-state index contributed by atoms with van der Waals surface area (Å²) < 4.78 is 0. The molecule has 4 heteroatoms. The summed E-state index contributed by atoms with van der Waals surface area (Å²) in [5.74, 6) is -1.05. The summed E-state index contributed by atoms with van der Waals surface area (Å²) >= 11 is 0. The maximum absolute atomic E-state index is 11.8. The van der Waals surface area contributed by atoms with Crippen molar-refractivity contribution in [1.82, 2.24) is 10.6 Å². The van der Waals surface area contributed by atoms with Gasteiger partial charge in [0, 0.05) is 13.1 Å². The molecule has 1 aromatic carbocycles. The van der Waals surface area contributed by atoms with Crippen LogP contribution in [0.1, 0.15) is 82.3 Å². The summed E-state index contributed by atoms with van der Waals surface area (Å²) in [4.78, 5) is 23.5. The van der Waals surface area contributed by atoms with Crippen molar-refractivity contribution in [3.63, 3.8) is 0 Å². The van der Waals surface area contributed by atoms with E-state index in [2.05, 4.69) is 29.7 Å². The zero-order valence-electron chi connectivity index (χ0n) is 17.3. The van der Waals surface area contributed by atoms with E-state index >= 15 is 0 Å². The number of benzene rings is 1. The summed E-state index contributed by atoms with van der Waals surface area (Å²) in [6.07, 6.45) is 13.3. The number of hydrogen-bond acceptors (Lipinski definition) is 2. The summed E-state index contributed by atoms with van der Waals surface area (Å²) in [5, 5.41) is 5.40. The Balaban J connectivity index is 1.95. The second kappa shape index (κ2) is 15.2. The SMILES string of the molecule is CCCCCCCCCCCCNC(=O)C(=O)NCCc1ccc(C)cc1. The van der Waals surface area contributed by atoms with Crippen molar-refractivity contribution in [2.45, 2.75) is 84.5 Å². The molecule has 0 atom stereocenters. The lowest BCUT2D eigenvalue weighted by Gasteiger charge is -2.07. The van der Waals surface area contributed by atoms with Crippen molar-refractivity contribution in [3.05, 3.63) is 35.4 Å². The number of aryl methyl sites for hydroxylation is 1. The first-order valence-electron chi connectivity index (χ1n) is 10.7. The Morgan fingerprint density at radius 3 is 1.74 bits per heavy atom. The number of carbonyl (C=O) groups is 2. The molecule has 2 N–H and O–H groups in total. The molecule has 27 heavy (non-hydrogen) atoms. The molecule has 0 saturated carbocycles. The molecule has 1 aromatic rings. The number of carbonyl (C=O) groups excluding carboxylic acids is 2. The minimum absolute atomic E-state index is 0.480. The molecular weight excluding hydrogens is 336 g/mol. The van der Waals surface area contributed by atoms with Crippen LogP contribution in [0.15, 0.2) is 24.3 Å². The minimum Gasteiger partial charge on any atom is -0.348 e. The van der Waals surface area contributed by atoms with Crippen molar-refractivity contribution in [2.24, 2.45) is 0 Å². The number of unbranched alkanes of at least 4 members (excludes halogenated alkanes) is 9. The molecule has 152 valence electrons. The van der Waals surface area contributed by atoms with E-state index in [-0.39, 0.29) is 0 Å². The summed E-state index contributed by atoms with van der Waals surface area (Å²) in [6, 6.07) is 8.20. The molecule has 0 bridgehead atoms. The highest BCUT2D eigenvalue weighted by Gasteiger charge is 2.11. The predicted molar refractivity (Wildman–Crippen MR) is 113 cm³/mol. The van der Waals surface area contributed by atoms with E-state index in [1.54, 1.807) is 0 Å². The topological polar surface area (TPSA) is 58.2 Å². The van der Waals surface area contributed by atoms with E-state index in [9.17, 15) is 9.59 Å². The van der Waals surface area contributed by atoms with Crippen molar-refractivity contribution in [1.29, 1.82) is 0 Å². The first-order chi connectivity index (χ1) is 13.1. The highest BCUT2D eigenvalue weighted by molar-refractivity contribution is 6.35. The maximum atomic E-state index is 11.8. The van der Waals surface area contributed by atoms with Gasteiger partial charge in [0.1, 0.15) is 0 Å². The van der Waals surface area contributed by atoms with Gasteiger partial charge >= 0.3 is 11.8 Å². The fourth-order valence-corrected chi connectivity index (χ4v) is 3.05. The van der Waals surface area contributed by atoms with Crippen LogP contribution < -0.4 is 10.6 Å². The molecule has 0 fully saturated rings. The van der Waals surface area contributed by atoms with E-state index in [0.29, 0.717) is 13.1 Å². The third-order valence-electron chi connectivity index (χ3n) is 4.84. The van der Waals surface area contributed by atoms with Gasteiger partial charge in [-0.2, -0.15) is 0 Å². The molecule has 0 unspecified atom stereocenters. The molecule has 2 amide bonds. The van der Waals surface area contributed by atoms with E-state index in [4.69, 9.17) is 0 Å². The Kier molecular flexibility index (Phi) is 13.1. The number of nitrogens with one attached hydrogen (secondary N) is 2. The van der Waals surface area contributed by atoms with Gasteiger partial charge in [-0.3, -0.25) is 9.59 Å². The van der Waals surface area contributed by atoms with Crippen LogP contribution in [-0.4, -0.2) is 24.9 Å². The Morgan fingerprint density at radius 1 is 0.704 bits per heavy atom. The third kappa shape index (κ3) is 12.2. The second-order valence-corrected chi connectivity index (χ2v) is 7.43. The van der Waals surface area contributed by atoms with Gasteiger partial charge in [0.05, 0.1) is 0 Å². The summed E-state index contributed by atoms with van der Waals surface area (Å²) in [5.41, 5.74) is 2.38. The van der Waals surface area contributed by atoms with Crippen LogP contribution in [0.3, 0.4) is 0 Å². The van der Waals surface area contributed by atoms with Crippen molar-refractivity contribution >= 4 is 11.8 Å². The molecule has 0 saturated heterocycles. The molecule has 0 aromatic heterocycles. The molecule has 0 aliphatic rings. The van der Waals surface area contributed by atoms with Crippen molar-refractivity contribution in [3.8, 4) is 0 Å². The molecule has 0 aliphatic heterocycles. The summed E-state index contributed by atoms with van der Waals surface area (Å²) in [6.45, 7) is 5.35. The van der Waals surface area contributed by atoms with Gasteiger partial charge in [0.15, 0.2) is 0 Å². The minimum atomic E-state index is -0.533. The third-order valence-corrected chi connectivity index (χ3v) is 4.84. The van der Waals surface area contributed by atoms with Gasteiger partial charge in [-0.25, -0.2) is 0 Å². The molecule has 4 nitrogen and oxygen atoms in total. The average Bonchev–Trinajstić information content (AvgIpc) is 2.67. The first-order valence-corrected chi connectivity index (χ1v) is 10.7. The van der Waals surface area contributed by atoms with Crippen LogP contribution in [-0.2, 0) is 16.0 Å². The Morgan fingerprint density at radius 2 is 1.19 bits per heavy atom. The van der Waals surface area contributed by atoms with Crippen molar-refractivity contribution in [2.75, 3.05) is 13.1 Å². The number of hydrogen-bond donors (Lipinski definition) is 2. The quantitative estimate of drug-likeness (QED) is 0.366. The Bertz CT molecular complexity index is 526. The predicted octanol–water partition coefficient (Wildman–Crippen LogP) is 4.69. The van der Waals surface area contributed by atoms with Crippen LogP contribution in [0.2, 0.25) is 0 Å². The molecule has 0 spiro atoms. The van der Waals surface area contributed by atoms with Gasteiger partial charge in [-0.1, -0.05) is 94.5 Å². The van der Waals surface area contributed by atoms with E-state index in [0.717, 1.165) is 24.8 Å². The zero-order chi connectivity index (χ0) is 19.7. The fraction of sp³-hybridized carbons (Fsp3) is 0.652. The van der Waals surface area contributed by atoms with E-state index < -0.39 is 11.8 Å². The monoisotopic (exact) mass is 374 g/mol. The Hall–Kier alpha value is -1.84. The highest BCUT2D eigenvalue weighted by atomic mass is 16.2. The lowest BCUT2D eigenvalue weighted by Crippen LogP contribution is -2.40. The van der Waals surface area contributed by atoms with Crippen LogP contribution >= 0.6 is 0 Å². The Labute approximate surface area is 165 Å². The molecule has 0 heterocycles. The molecule has 0 aliphatic carbocycles. The second-order valence-electron chi connectivity index (χ2n) is 7.43. The van der Waals surface area contributed by atoms with Gasteiger partial charge in [-0.15, -0.1) is 0 Å². The lowest BCUT2D eigenvalue weighted by molar-refractivity contribution is -0.139. The van der Waals surface area contributed by atoms with Gasteiger partial charge in [0.25, 0.3) is 0 Å². The van der Waals surface area contributed by atoms with E-state index in [1.165, 1.54) is 56.9 Å². The normalized spacial score (nSPS) is 10.6. The number of rotatable bonds is 14. The van der Waals surface area contributed by atoms with Gasteiger partial charge in [0.2, 0.25) is 0 Å². The van der Waals surface area contributed by atoms with Crippen LogP contribution in [0, 0.1) is 6.92 Å². The van der Waals surface area contributed by atoms with Gasteiger partial charge < -0.3 is 10.6 Å². The largest absolute Gasteiger partial charge is 0.348 e. The van der Waals surface area contributed by atoms with E-state index in [1.807, 2.05) is 19.1 Å². The average molecular weight is 375 g/mol. The fourth-order valence-electron chi connectivity index (χ4n) is 3.05. The number of amides is 2. The van der Waals surface area contributed by atoms with Crippen LogP contribution in [0.5, 0.6) is 0 Å². The molecule has 0 radical (unpaired) electrons. The molecular formula is C23H38N2O2. The first kappa shape index (κ1) is 23.2. The molecule has 1 rings (SSSR count). The summed E-state index contributed by atoms with van der Waals surface area (Å²) in [7, 11) is 0. The highest BCUT2D eigenvalue weighted by Crippen LogP contribution is 2.10. The van der Waals surface area contributed by atoms with Gasteiger partial charge in [-0.05, 0) is 25.3 Å². The standard InChI is InChI=1S/C23H38N2O2/c1-3-4-5-6-7-8-9-10-11-12-18-24-22(26)23(27)25-19-17-21-15-13-20(2)14-16-21/h13-16H,3-12,17-19H2,1-2H3,(H,24,26)(H,25,27). The van der Waals surface area contributed by atoms with Crippen LogP contribution in [0.25, 0.3) is 0 Å². The smallest absolute Gasteiger partial charge is 0.309 e. The zero-order valence-corrected chi connectivity index (χ0v) is 17.3.